The van der Waals surface area contributed by atoms with Crippen molar-refractivity contribution in [2.45, 2.75) is 11.7 Å². The van der Waals surface area contributed by atoms with E-state index in [1.54, 1.807) is 11.1 Å². The highest BCUT2D eigenvalue weighted by atomic mass is 32.2. The van der Waals surface area contributed by atoms with Crippen LogP contribution in [0.25, 0.3) is 10.4 Å². The van der Waals surface area contributed by atoms with E-state index in [9.17, 15) is 4.79 Å². The molecule has 16 heteroatoms. The van der Waals surface area contributed by atoms with E-state index in [4.69, 9.17) is 43.4 Å². The highest BCUT2D eigenvalue weighted by Gasteiger charge is 2.29. The molecule has 41 heavy (non-hydrogen) atoms. The molecule has 0 saturated carbocycles. The maximum Gasteiger partial charge on any atom is 0.257 e. The summed E-state index contributed by atoms with van der Waals surface area (Å²) in [6.07, 6.45) is 3.51. The number of hydrogen-bond donors (Lipinski definition) is 0. The van der Waals surface area contributed by atoms with Gasteiger partial charge < -0.3 is 42.8 Å². The Balaban J connectivity index is 1.23. The number of thioether (sulfide) groups is 1. The summed E-state index contributed by atoms with van der Waals surface area (Å²) in [6, 6.07) is 0. The van der Waals surface area contributed by atoms with Crippen molar-refractivity contribution >= 4 is 17.7 Å². The van der Waals surface area contributed by atoms with Gasteiger partial charge in [-0.25, -0.2) is 9.97 Å². The minimum Gasteiger partial charge on any atom is -0.379 e. The van der Waals surface area contributed by atoms with Gasteiger partial charge in [-0.2, -0.15) is 0 Å². The lowest BCUT2D eigenvalue weighted by molar-refractivity contribution is -0.0232. The Kier molecular flexibility index (Phi) is 21.0. The molecule has 15 nitrogen and oxygen atoms in total. The molecule has 0 radical (unpaired) electrons. The molecule has 1 aromatic rings. The van der Waals surface area contributed by atoms with Crippen LogP contribution in [0.5, 0.6) is 0 Å². The minimum atomic E-state index is -0.0509. The first-order valence-electron chi connectivity index (χ1n) is 13.6. The summed E-state index contributed by atoms with van der Waals surface area (Å²) in [6.45, 7) is 8.82. The second kappa shape index (κ2) is 24.5. The molecule has 2 heterocycles. The standard InChI is InChI=1S/C25H42N6O9S/c1-41-25-27-20-22-23(29-25)21-31(24(22)32)3-5-34-7-9-36-11-13-38-15-17-40-19-18-39-16-14-37-12-10-35-8-6-33-4-2-28-30-26/h20H,2-19,21H2,1H3. The summed E-state index contributed by atoms with van der Waals surface area (Å²) in [5.74, 6) is -0.0509. The summed E-state index contributed by atoms with van der Waals surface area (Å²) in [7, 11) is 0. The fourth-order valence-corrected chi connectivity index (χ4v) is 3.73. The number of fused-ring (bicyclic) bond motifs is 1. The van der Waals surface area contributed by atoms with Crippen LogP contribution < -0.4 is 0 Å². The van der Waals surface area contributed by atoms with Gasteiger partial charge >= 0.3 is 0 Å². The first kappa shape index (κ1) is 35.1. The number of carbonyl (C=O) groups is 1. The summed E-state index contributed by atoms with van der Waals surface area (Å²) in [5.41, 5.74) is 9.48. The summed E-state index contributed by atoms with van der Waals surface area (Å²) in [5, 5.41) is 4.04. The van der Waals surface area contributed by atoms with Crippen LogP contribution in [0.15, 0.2) is 16.5 Å². The van der Waals surface area contributed by atoms with Crippen molar-refractivity contribution in [1.29, 1.82) is 0 Å². The molecule has 0 N–H and O–H groups in total. The molecule has 0 aromatic carbocycles. The Morgan fingerprint density at radius 2 is 1.22 bits per heavy atom. The molecule has 0 aliphatic carbocycles. The van der Waals surface area contributed by atoms with Crippen LogP contribution in [0.3, 0.4) is 0 Å². The fraction of sp³-hybridized carbons (Fsp3) is 0.800. The lowest BCUT2D eigenvalue weighted by atomic mass is 10.3. The number of aromatic nitrogens is 2. The number of ether oxygens (including phenoxy) is 8. The summed E-state index contributed by atoms with van der Waals surface area (Å²) >= 11 is 1.46. The van der Waals surface area contributed by atoms with Gasteiger partial charge in [0.1, 0.15) is 0 Å². The fourth-order valence-electron chi connectivity index (χ4n) is 3.37. The van der Waals surface area contributed by atoms with Gasteiger partial charge in [0, 0.05) is 24.2 Å². The Morgan fingerprint density at radius 3 is 1.66 bits per heavy atom. The number of rotatable bonds is 28. The molecule has 0 unspecified atom stereocenters. The third kappa shape index (κ3) is 16.8. The van der Waals surface area contributed by atoms with Crippen molar-refractivity contribution in [3.63, 3.8) is 0 Å². The molecule has 0 bridgehead atoms. The van der Waals surface area contributed by atoms with Crippen LogP contribution >= 0.6 is 11.8 Å². The Bertz CT molecular complexity index is 882. The highest BCUT2D eigenvalue weighted by molar-refractivity contribution is 7.98. The van der Waals surface area contributed by atoms with E-state index in [1.807, 2.05) is 6.26 Å². The third-order valence-electron chi connectivity index (χ3n) is 5.39. The van der Waals surface area contributed by atoms with Gasteiger partial charge in [0.15, 0.2) is 5.16 Å². The molecule has 232 valence electrons. The largest absolute Gasteiger partial charge is 0.379 e. The van der Waals surface area contributed by atoms with Crippen LogP contribution in [-0.4, -0.2) is 146 Å². The number of amides is 1. The molecule has 0 fully saturated rings. The van der Waals surface area contributed by atoms with E-state index in [1.165, 1.54) is 11.8 Å². The second-order valence-corrected chi connectivity index (χ2v) is 9.07. The highest BCUT2D eigenvalue weighted by Crippen LogP contribution is 2.21. The Labute approximate surface area is 245 Å². The predicted molar refractivity (Wildman–Crippen MR) is 149 cm³/mol. The van der Waals surface area contributed by atoms with Crippen molar-refractivity contribution in [3.05, 3.63) is 27.9 Å². The normalized spacial score (nSPS) is 12.6. The quantitative estimate of drug-likeness (QED) is 0.0340. The lowest BCUT2D eigenvalue weighted by Gasteiger charge is -2.15. The number of carbonyl (C=O) groups excluding carboxylic acids is 1. The van der Waals surface area contributed by atoms with Crippen LogP contribution in [0.1, 0.15) is 16.1 Å². The van der Waals surface area contributed by atoms with Gasteiger partial charge in [-0.3, -0.25) is 4.79 Å². The number of azide groups is 1. The summed E-state index contributed by atoms with van der Waals surface area (Å²) < 4.78 is 43.4. The third-order valence-corrected chi connectivity index (χ3v) is 5.96. The maximum atomic E-state index is 12.4. The van der Waals surface area contributed by atoms with Crippen molar-refractivity contribution in [3.8, 4) is 0 Å². The Morgan fingerprint density at radius 1 is 0.780 bits per heavy atom. The van der Waals surface area contributed by atoms with Crippen molar-refractivity contribution in [2.24, 2.45) is 5.11 Å². The van der Waals surface area contributed by atoms with Crippen LogP contribution in [0.4, 0.5) is 0 Å². The molecular formula is C25H42N6O9S. The Hall–Kier alpha value is -2.11. The predicted octanol–water partition coefficient (Wildman–Crippen LogP) is 1.60. The van der Waals surface area contributed by atoms with E-state index < -0.39 is 0 Å². The monoisotopic (exact) mass is 602 g/mol. The minimum absolute atomic E-state index is 0.0509. The molecule has 1 aliphatic rings. The first-order chi connectivity index (χ1) is 20.3. The van der Waals surface area contributed by atoms with Gasteiger partial charge in [-0.05, 0) is 11.8 Å². The average molecular weight is 603 g/mol. The van der Waals surface area contributed by atoms with Crippen molar-refractivity contribution < 1.29 is 42.7 Å². The van der Waals surface area contributed by atoms with Crippen molar-refractivity contribution in [2.75, 3.05) is 125 Å². The SMILES string of the molecule is CSc1ncc2c(n1)CN(CCOCCOCCOCCOCCOCCOCCOCCOCCN=[N+]=[N-])C2=O. The maximum absolute atomic E-state index is 12.4. The molecule has 0 atom stereocenters. The summed E-state index contributed by atoms with van der Waals surface area (Å²) in [4.78, 5) is 25.3. The van der Waals surface area contributed by atoms with Crippen LogP contribution in [0, 0.1) is 0 Å². The zero-order chi connectivity index (χ0) is 29.2. The van der Waals surface area contributed by atoms with Gasteiger partial charge in [-0.1, -0.05) is 16.9 Å². The van der Waals surface area contributed by atoms with E-state index in [0.29, 0.717) is 136 Å². The first-order valence-corrected chi connectivity index (χ1v) is 14.8. The lowest BCUT2D eigenvalue weighted by Crippen LogP contribution is -2.28. The molecule has 2 rings (SSSR count). The zero-order valence-electron chi connectivity index (χ0n) is 23.8. The number of nitrogens with zero attached hydrogens (tertiary/aromatic N) is 6. The van der Waals surface area contributed by atoms with Gasteiger partial charge in [0.25, 0.3) is 5.91 Å². The van der Waals surface area contributed by atoms with E-state index in [2.05, 4.69) is 20.0 Å². The molecule has 0 saturated heterocycles. The smallest absolute Gasteiger partial charge is 0.257 e. The van der Waals surface area contributed by atoms with E-state index in [-0.39, 0.29) is 5.91 Å². The molecule has 1 aliphatic heterocycles. The zero-order valence-corrected chi connectivity index (χ0v) is 24.6. The van der Waals surface area contributed by atoms with Crippen LogP contribution in [-0.2, 0) is 44.4 Å². The molecule has 1 amide bonds. The van der Waals surface area contributed by atoms with Gasteiger partial charge in [0.05, 0.1) is 124 Å². The van der Waals surface area contributed by atoms with Crippen molar-refractivity contribution in [1.82, 2.24) is 14.9 Å². The van der Waals surface area contributed by atoms with Gasteiger partial charge in [-0.15, -0.1) is 0 Å². The molecular weight excluding hydrogens is 560 g/mol. The average Bonchev–Trinajstić information content (AvgIpc) is 3.30. The molecule has 1 aromatic heterocycles. The molecule has 0 spiro atoms. The van der Waals surface area contributed by atoms with E-state index in [0.717, 1.165) is 5.69 Å². The second-order valence-electron chi connectivity index (χ2n) is 8.30. The number of hydrogen-bond acceptors (Lipinski definition) is 13. The van der Waals surface area contributed by atoms with E-state index >= 15 is 0 Å². The van der Waals surface area contributed by atoms with Gasteiger partial charge in [0.2, 0.25) is 0 Å². The van der Waals surface area contributed by atoms with Crippen LogP contribution in [0.2, 0.25) is 0 Å². The topological polar surface area (TPSA) is 169 Å².